The molecule has 1 aromatic heterocycles. The number of nitrogens with zero attached hydrogens (tertiary/aromatic N) is 3. The Morgan fingerprint density at radius 2 is 1.94 bits per heavy atom. The lowest BCUT2D eigenvalue weighted by atomic mass is 9.91. The number of aromatic nitrogens is 2. The van der Waals surface area contributed by atoms with E-state index in [-0.39, 0.29) is 17.9 Å². The van der Waals surface area contributed by atoms with Crippen molar-refractivity contribution < 1.29 is 14.3 Å². The monoisotopic (exact) mass is 424 g/mol. The fourth-order valence-corrected chi connectivity index (χ4v) is 4.71. The van der Waals surface area contributed by atoms with Crippen LogP contribution in [0.4, 0.5) is 0 Å². The van der Waals surface area contributed by atoms with Gasteiger partial charge in [0.15, 0.2) is 0 Å². The topological polar surface area (TPSA) is 76.5 Å². The highest BCUT2D eigenvalue weighted by atomic mass is 16.5. The van der Waals surface area contributed by atoms with E-state index >= 15 is 0 Å². The van der Waals surface area contributed by atoms with Crippen molar-refractivity contribution >= 4 is 11.8 Å². The van der Waals surface area contributed by atoms with E-state index < -0.39 is 5.54 Å². The van der Waals surface area contributed by atoms with Crippen molar-refractivity contribution in [1.29, 1.82) is 0 Å². The summed E-state index contributed by atoms with van der Waals surface area (Å²) < 4.78 is 6.93. The smallest absolute Gasteiger partial charge is 0.273 e. The van der Waals surface area contributed by atoms with Gasteiger partial charge in [0.25, 0.3) is 5.91 Å². The number of nitrogens with one attached hydrogen (secondary N) is 1. The van der Waals surface area contributed by atoms with Crippen LogP contribution in [0.2, 0.25) is 0 Å². The molecule has 7 nitrogen and oxygen atoms in total. The summed E-state index contributed by atoms with van der Waals surface area (Å²) in [7, 11) is 1.63. The van der Waals surface area contributed by atoms with Gasteiger partial charge in [0, 0.05) is 18.2 Å². The Morgan fingerprint density at radius 1 is 1.23 bits per heavy atom. The highest BCUT2D eigenvalue weighted by molar-refractivity contribution is 6.00. The second-order valence-electron chi connectivity index (χ2n) is 8.84. The second kappa shape index (κ2) is 8.73. The van der Waals surface area contributed by atoms with Crippen LogP contribution >= 0.6 is 0 Å². The van der Waals surface area contributed by atoms with Crippen LogP contribution in [0.25, 0.3) is 11.3 Å². The first-order chi connectivity index (χ1) is 15.0. The molecule has 1 N–H and O–H groups in total. The van der Waals surface area contributed by atoms with Crippen LogP contribution in [0.15, 0.2) is 30.3 Å². The largest absolute Gasteiger partial charge is 0.497 e. The summed E-state index contributed by atoms with van der Waals surface area (Å²) in [5, 5.41) is 7.93. The van der Waals surface area contributed by atoms with Crippen LogP contribution in [-0.4, -0.2) is 51.7 Å². The average molecular weight is 425 g/mol. The Bertz CT molecular complexity index is 946. The van der Waals surface area contributed by atoms with Crippen molar-refractivity contribution in [2.24, 2.45) is 0 Å². The maximum Gasteiger partial charge on any atom is 0.273 e. The molecule has 1 aromatic carbocycles. The normalized spacial score (nSPS) is 21.6. The molecule has 0 radical (unpaired) electrons. The van der Waals surface area contributed by atoms with Crippen molar-refractivity contribution in [3.05, 3.63) is 36.0 Å². The van der Waals surface area contributed by atoms with E-state index in [9.17, 15) is 9.59 Å². The summed E-state index contributed by atoms with van der Waals surface area (Å²) >= 11 is 0. The first kappa shape index (κ1) is 21.4. The number of rotatable bonds is 6. The van der Waals surface area contributed by atoms with Gasteiger partial charge in [0.1, 0.15) is 17.0 Å². The fraction of sp³-hybridized carbons (Fsp3) is 0.542. The van der Waals surface area contributed by atoms with Gasteiger partial charge in [-0.3, -0.25) is 14.3 Å². The third kappa shape index (κ3) is 4.05. The minimum absolute atomic E-state index is 0.0756. The van der Waals surface area contributed by atoms with E-state index in [1.54, 1.807) is 16.7 Å². The Kier molecular flexibility index (Phi) is 6.03. The zero-order valence-electron chi connectivity index (χ0n) is 18.7. The standard InChI is InChI=1S/C24H32N4O3/c1-4-14-27-22(29)21-15-20(17-10-12-19(31-3)13-11-17)26-28(21)16-24(27,2)23(30)25-18-8-6-5-7-9-18/h10-13,15,18H,4-9,14,16H2,1-3H3,(H,25,30). The average Bonchev–Trinajstić information content (AvgIpc) is 3.21. The number of hydrogen-bond donors (Lipinski definition) is 1. The fourth-order valence-electron chi connectivity index (χ4n) is 4.71. The quantitative estimate of drug-likeness (QED) is 0.768. The summed E-state index contributed by atoms with van der Waals surface area (Å²) in [5.41, 5.74) is 1.20. The van der Waals surface area contributed by atoms with Crippen LogP contribution in [0.3, 0.4) is 0 Å². The van der Waals surface area contributed by atoms with E-state index in [1.165, 1.54) is 6.42 Å². The van der Waals surface area contributed by atoms with Gasteiger partial charge >= 0.3 is 0 Å². The van der Waals surface area contributed by atoms with Crippen LogP contribution in [0.5, 0.6) is 5.75 Å². The van der Waals surface area contributed by atoms with Crippen molar-refractivity contribution in [1.82, 2.24) is 20.0 Å². The van der Waals surface area contributed by atoms with Gasteiger partial charge in [-0.05, 0) is 56.5 Å². The van der Waals surface area contributed by atoms with Gasteiger partial charge < -0.3 is 15.0 Å². The number of benzene rings is 1. The lowest BCUT2D eigenvalue weighted by Crippen LogP contribution is -2.65. The summed E-state index contributed by atoms with van der Waals surface area (Å²) in [6.07, 6.45) is 6.34. The molecule has 1 fully saturated rings. The second-order valence-corrected chi connectivity index (χ2v) is 8.84. The molecule has 1 aliphatic carbocycles. The Hall–Kier alpha value is -2.83. The van der Waals surface area contributed by atoms with Crippen LogP contribution < -0.4 is 10.1 Å². The van der Waals surface area contributed by atoms with Gasteiger partial charge in [0.05, 0.1) is 19.3 Å². The zero-order chi connectivity index (χ0) is 22.0. The molecule has 166 valence electrons. The van der Waals surface area contributed by atoms with Crippen molar-refractivity contribution in [2.75, 3.05) is 13.7 Å². The predicted octanol–water partition coefficient (Wildman–Crippen LogP) is 3.63. The highest BCUT2D eigenvalue weighted by Gasteiger charge is 2.48. The molecule has 2 heterocycles. The Morgan fingerprint density at radius 3 is 2.58 bits per heavy atom. The number of fused-ring (bicyclic) bond motifs is 1. The molecule has 2 amide bonds. The van der Waals surface area contributed by atoms with Crippen molar-refractivity contribution in [3.8, 4) is 17.0 Å². The number of ether oxygens (including phenoxy) is 1. The summed E-state index contributed by atoms with van der Waals surface area (Å²) in [4.78, 5) is 28.6. The molecule has 7 heteroatoms. The molecule has 0 saturated heterocycles. The summed E-state index contributed by atoms with van der Waals surface area (Å²) in [5.74, 6) is 0.555. The van der Waals surface area contributed by atoms with E-state index in [0.717, 1.165) is 49.1 Å². The van der Waals surface area contributed by atoms with E-state index in [4.69, 9.17) is 9.84 Å². The van der Waals surface area contributed by atoms with E-state index in [2.05, 4.69) is 5.32 Å². The summed E-state index contributed by atoms with van der Waals surface area (Å²) in [6, 6.07) is 9.63. The number of amides is 2. The SMILES string of the molecule is CCCN1C(=O)c2cc(-c3ccc(OC)cc3)nn2CC1(C)C(=O)NC1CCCCC1. The maximum atomic E-state index is 13.4. The van der Waals surface area contributed by atoms with Gasteiger partial charge in [0.2, 0.25) is 5.91 Å². The maximum absolute atomic E-state index is 13.4. The van der Waals surface area contributed by atoms with Gasteiger partial charge in [-0.2, -0.15) is 5.10 Å². The van der Waals surface area contributed by atoms with Gasteiger partial charge in [-0.15, -0.1) is 0 Å². The molecule has 31 heavy (non-hydrogen) atoms. The third-order valence-corrected chi connectivity index (χ3v) is 6.56. The highest BCUT2D eigenvalue weighted by Crippen LogP contribution is 2.31. The Labute approximate surface area is 183 Å². The molecule has 1 unspecified atom stereocenters. The van der Waals surface area contributed by atoms with E-state index in [0.29, 0.717) is 18.8 Å². The molecule has 0 spiro atoms. The minimum Gasteiger partial charge on any atom is -0.497 e. The number of carbonyl (C=O) groups excluding carboxylic acids is 2. The molecule has 2 aromatic rings. The number of hydrogen-bond acceptors (Lipinski definition) is 4. The molecule has 1 atom stereocenters. The molecule has 1 aliphatic heterocycles. The molecular formula is C24H32N4O3. The first-order valence-electron chi connectivity index (χ1n) is 11.3. The van der Waals surface area contributed by atoms with Gasteiger partial charge in [-0.25, -0.2) is 0 Å². The van der Waals surface area contributed by atoms with Crippen LogP contribution in [0.1, 0.15) is 62.9 Å². The van der Waals surface area contributed by atoms with E-state index in [1.807, 2.05) is 44.2 Å². The first-order valence-corrected chi connectivity index (χ1v) is 11.3. The number of methoxy groups -OCH3 is 1. The molecule has 4 rings (SSSR count). The van der Waals surface area contributed by atoms with Crippen LogP contribution in [0, 0.1) is 0 Å². The van der Waals surface area contributed by atoms with Crippen molar-refractivity contribution in [3.63, 3.8) is 0 Å². The zero-order valence-corrected chi connectivity index (χ0v) is 18.7. The van der Waals surface area contributed by atoms with Crippen LogP contribution in [-0.2, 0) is 11.3 Å². The summed E-state index contributed by atoms with van der Waals surface area (Å²) in [6.45, 7) is 4.79. The lowest BCUT2D eigenvalue weighted by molar-refractivity contribution is -0.134. The van der Waals surface area contributed by atoms with Crippen molar-refractivity contribution in [2.45, 2.75) is 70.5 Å². The third-order valence-electron chi connectivity index (χ3n) is 6.56. The van der Waals surface area contributed by atoms with Gasteiger partial charge in [-0.1, -0.05) is 26.2 Å². The molecular weight excluding hydrogens is 392 g/mol. The molecule has 2 aliphatic rings. The Balaban J connectivity index is 1.63. The molecule has 1 saturated carbocycles. The predicted molar refractivity (Wildman–Crippen MR) is 119 cm³/mol. The molecule has 0 bridgehead atoms. The minimum atomic E-state index is -0.958. The number of carbonyl (C=O) groups is 2. The lowest BCUT2D eigenvalue weighted by Gasteiger charge is -2.44.